The Kier molecular flexibility index (Phi) is 6.13. The normalized spacial score (nSPS) is 11.5. The van der Waals surface area contributed by atoms with E-state index in [-0.39, 0.29) is 17.4 Å². The highest BCUT2D eigenvalue weighted by Crippen LogP contribution is 2.27. The Morgan fingerprint density at radius 1 is 1.22 bits per heavy atom. The van der Waals surface area contributed by atoms with Gasteiger partial charge in [0.2, 0.25) is 5.91 Å². The van der Waals surface area contributed by atoms with Crippen LogP contribution in [-0.4, -0.2) is 27.6 Å². The Bertz CT molecular complexity index is 923. The van der Waals surface area contributed by atoms with Crippen LogP contribution in [0.15, 0.2) is 39.3 Å². The summed E-state index contributed by atoms with van der Waals surface area (Å²) in [6.07, 6.45) is 0. The van der Waals surface area contributed by atoms with Gasteiger partial charge in [-0.3, -0.25) is 9.59 Å². The van der Waals surface area contributed by atoms with Gasteiger partial charge >= 0.3 is 0 Å². The first-order chi connectivity index (χ1) is 12.8. The van der Waals surface area contributed by atoms with Crippen molar-refractivity contribution in [3.05, 3.63) is 39.4 Å². The van der Waals surface area contributed by atoms with Crippen LogP contribution in [0.1, 0.15) is 35.3 Å². The predicted octanol–water partition coefficient (Wildman–Crippen LogP) is 4.50. The van der Waals surface area contributed by atoms with Gasteiger partial charge in [0.05, 0.1) is 22.1 Å². The Morgan fingerprint density at radius 2 is 2.04 bits per heavy atom. The van der Waals surface area contributed by atoms with Crippen molar-refractivity contribution in [3.63, 3.8) is 0 Å². The fraction of sp³-hybridized carbons (Fsp3) is 0.333. The highest BCUT2D eigenvalue weighted by Gasteiger charge is 2.21. The van der Waals surface area contributed by atoms with E-state index in [0.29, 0.717) is 22.5 Å². The number of hydrogen-bond donors (Lipinski definition) is 1. The molecule has 27 heavy (non-hydrogen) atoms. The summed E-state index contributed by atoms with van der Waals surface area (Å²) < 4.78 is 5.57. The van der Waals surface area contributed by atoms with Gasteiger partial charge in [0.25, 0.3) is 11.1 Å². The van der Waals surface area contributed by atoms with Crippen molar-refractivity contribution in [1.29, 1.82) is 0 Å². The summed E-state index contributed by atoms with van der Waals surface area (Å²) in [4.78, 5) is 26.8. The minimum Gasteiger partial charge on any atom is -0.410 e. The molecule has 1 amide bonds. The van der Waals surface area contributed by atoms with Crippen molar-refractivity contribution in [2.75, 3.05) is 5.75 Å². The molecule has 9 heteroatoms. The molecule has 3 heterocycles. The van der Waals surface area contributed by atoms with Gasteiger partial charge in [-0.15, -0.1) is 32.9 Å². The first-order valence-electron chi connectivity index (χ1n) is 8.23. The molecular weight excluding hydrogens is 402 g/mol. The lowest BCUT2D eigenvalue weighted by molar-refractivity contribution is -0.128. The molecular formula is C18H19N3O3S3. The van der Waals surface area contributed by atoms with Crippen LogP contribution >= 0.6 is 34.4 Å². The van der Waals surface area contributed by atoms with Gasteiger partial charge in [-0.05, 0) is 23.6 Å². The maximum Gasteiger partial charge on any atom is 0.277 e. The zero-order valence-electron chi connectivity index (χ0n) is 15.1. The van der Waals surface area contributed by atoms with Crippen molar-refractivity contribution < 1.29 is 14.0 Å². The predicted molar refractivity (Wildman–Crippen MR) is 108 cm³/mol. The molecule has 0 aliphatic heterocycles. The molecule has 6 nitrogen and oxygen atoms in total. The molecule has 0 unspecified atom stereocenters. The molecule has 0 spiro atoms. The minimum absolute atomic E-state index is 0.00530. The average Bonchev–Trinajstić information content (AvgIpc) is 3.37. The number of nitrogens with zero attached hydrogens (tertiary/aromatic N) is 2. The van der Waals surface area contributed by atoms with Crippen LogP contribution in [0.25, 0.3) is 10.8 Å². The van der Waals surface area contributed by atoms with Crippen molar-refractivity contribution in [1.82, 2.24) is 15.5 Å². The van der Waals surface area contributed by atoms with Gasteiger partial charge in [-0.1, -0.05) is 38.6 Å². The Balaban J connectivity index is 1.52. The third-order valence-corrected chi connectivity index (χ3v) is 6.31. The molecule has 0 aliphatic rings. The Labute approximate surface area is 169 Å². The second-order valence-electron chi connectivity index (χ2n) is 6.76. The average molecular weight is 422 g/mol. The van der Waals surface area contributed by atoms with Crippen molar-refractivity contribution in [2.45, 2.75) is 32.5 Å². The SMILES string of the molecule is CC(C)(C)C(=O)NCc1ccc(C(=O)CSc2nnc(-c3cccs3)o2)s1. The van der Waals surface area contributed by atoms with E-state index in [2.05, 4.69) is 15.5 Å². The maximum absolute atomic E-state index is 12.4. The molecule has 0 saturated carbocycles. The maximum atomic E-state index is 12.4. The molecule has 0 atom stereocenters. The Morgan fingerprint density at radius 3 is 2.74 bits per heavy atom. The van der Waals surface area contributed by atoms with Crippen LogP contribution in [0.2, 0.25) is 0 Å². The molecule has 0 aliphatic carbocycles. The van der Waals surface area contributed by atoms with Crippen molar-refractivity contribution in [3.8, 4) is 10.8 Å². The molecule has 0 fully saturated rings. The number of Topliss-reactive ketones (excluding diaryl/α,β-unsaturated/α-hetero) is 1. The third-order valence-electron chi connectivity index (χ3n) is 3.51. The number of thiophene rings is 2. The second kappa shape index (κ2) is 8.37. The standard InChI is InChI=1S/C18H19N3O3S3/c1-18(2,3)16(23)19-9-11-6-7-13(27-11)12(22)10-26-17-21-20-15(24-17)14-5-4-8-25-14/h4-8H,9-10H2,1-3H3,(H,19,23). The molecule has 0 aromatic carbocycles. The number of hydrogen-bond acceptors (Lipinski definition) is 8. The summed E-state index contributed by atoms with van der Waals surface area (Å²) >= 11 is 4.13. The second-order valence-corrected chi connectivity index (χ2v) is 9.80. The lowest BCUT2D eigenvalue weighted by atomic mass is 9.96. The number of carbonyl (C=O) groups excluding carboxylic acids is 2. The first kappa shape index (κ1) is 19.8. The number of rotatable bonds is 7. The zero-order valence-corrected chi connectivity index (χ0v) is 17.6. The van der Waals surface area contributed by atoms with E-state index in [9.17, 15) is 9.59 Å². The summed E-state index contributed by atoms with van der Waals surface area (Å²) in [6, 6.07) is 7.48. The lowest BCUT2D eigenvalue weighted by Gasteiger charge is -2.17. The van der Waals surface area contributed by atoms with Crippen molar-refractivity contribution in [2.24, 2.45) is 5.41 Å². The molecule has 0 radical (unpaired) electrons. The van der Waals surface area contributed by atoms with Gasteiger partial charge < -0.3 is 9.73 Å². The van der Waals surface area contributed by atoms with Crippen LogP contribution in [0.5, 0.6) is 0 Å². The molecule has 0 saturated heterocycles. The summed E-state index contributed by atoms with van der Waals surface area (Å²) in [7, 11) is 0. The van der Waals surface area contributed by atoms with E-state index in [0.717, 1.165) is 9.75 Å². The van der Waals surface area contributed by atoms with E-state index in [1.807, 2.05) is 44.4 Å². The van der Waals surface area contributed by atoms with Crippen LogP contribution < -0.4 is 5.32 Å². The molecule has 3 aromatic rings. The largest absolute Gasteiger partial charge is 0.410 e. The van der Waals surface area contributed by atoms with Crippen molar-refractivity contribution >= 4 is 46.1 Å². The van der Waals surface area contributed by atoms with Gasteiger partial charge in [-0.25, -0.2) is 0 Å². The van der Waals surface area contributed by atoms with Crippen LogP contribution in [0.3, 0.4) is 0 Å². The molecule has 0 bridgehead atoms. The van der Waals surface area contributed by atoms with Crippen LogP contribution in [-0.2, 0) is 11.3 Å². The number of ketones is 1. The molecule has 3 aromatic heterocycles. The smallest absolute Gasteiger partial charge is 0.277 e. The number of nitrogens with one attached hydrogen (secondary N) is 1. The minimum atomic E-state index is -0.432. The van der Waals surface area contributed by atoms with Gasteiger partial charge in [0, 0.05) is 10.3 Å². The van der Waals surface area contributed by atoms with E-state index < -0.39 is 5.41 Å². The highest BCUT2D eigenvalue weighted by atomic mass is 32.2. The number of aromatic nitrogens is 2. The number of carbonyl (C=O) groups is 2. The van der Waals surface area contributed by atoms with E-state index in [4.69, 9.17) is 4.42 Å². The van der Waals surface area contributed by atoms with Gasteiger partial charge in [0.1, 0.15) is 0 Å². The summed E-state index contributed by atoms with van der Waals surface area (Å²) in [6.45, 7) is 6.02. The third kappa shape index (κ3) is 5.27. The first-order valence-corrected chi connectivity index (χ1v) is 10.9. The Hall–Kier alpha value is -1.97. The molecule has 1 N–H and O–H groups in total. The lowest BCUT2D eigenvalue weighted by Crippen LogP contribution is -2.34. The zero-order chi connectivity index (χ0) is 19.4. The van der Waals surface area contributed by atoms with E-state index in [1.54, 1.807) is 6.07 Å². The number of amides is 1. The topological polar surface area (TPSA) is 85.1 Å². The summed E-state index contributed by atoms with van der Waals surface area (Å²) in [5.41, 5.74) is -0.432. The monoisotopic (exact) mass is 421 g/mol. The van der Waals surface area contributed by atoms with Gasteiger partial charge in [0.15, 0.2) is 5.78 Å². The molecule has 142 valence electrons. The fourth-order valence-corrected chi connectivity index (χ4v) is 4.29. The fourth-order valence-electron chi connectivity index (χ4n) is 2.02. The number of thioether (sulfide) groups is 1. The van der Waals surface area contributed by atoms with E-state index in [1.165, 1.54) is 34.4 Å². The summed E-state index contributed by atoms with van der Waals surface area (Å²) in [5.74, 6) is 0.667. The highest BCUT2D eigenvalue weighted by molar-refractivity contribution is 7.99. The summed E-state index contributed by atoms with van der Waals surface area (Å²) in [5, 5.41) is 13.2. The van der Waals surface area contributed by atoms with Crippen LogP contribution in [0, 0.1) is 5.41 Å². The van der Waals surface area contributed by atoms with Crippen LogP contribution in [0.4, 0.5) is 0 Å². The van der Waals surface area contributed by atoms with E-state index >= 15 is 0 Å². The van der Waals surface area contributed by atoms with Gasteiger partial charge in [-0.2, -0.15) is 0 Å². The quantitative estimate of drug-likeness (QED) is 0.447. The molecule has 3 rings (SSSR count).